The van der Waals surface area contributed by atoms with E-state index in [1.807, 2.05) is 11.9 Å². The number of rotatable bonds is 5. The van der Waals surface area contributed by atoms with Gasteiger partial charge in [0.05, 0.1) is 6.54 Å². The molecule has 0 aliphatic carbocycles. The summed E-state index contributed by atoms with van der Waals surface area (Å²) in [5.74, 6) is -0.911. The van der Waals surface area contributed by atoms with Gasteiger partial charge < -0.3 is 9.63 Å². The molecule has 0 atom stereocenters. The van der Waals surface area contributed by atoms with Gasteiger partial charge in [0.15, 0.2) is 11.5 Å². The van der Waals surface area contributed by atoms with Gasteiger partial charge in [0.2, 0.25) is 0 Å². The van der Waals surface area contributed by atoms with E-state index in [1.165, 1.54) is 18.2 Å². The minimum Gasteiger partial charge on any atom is -0.476 e. The standard InChI is InChI=1S/C13H13FN2O3/c1-16(7-9-2-4-10(14)5-3-9)8-11-6-12(13(17)18)15-19-11/h2-6H,7-8H2,1H3,(H,17,18). The first-order chi connectivity index (χ1) is 9.04. The lowest BCUT2D eigenvalue weighted by Gasteiger charge is -2.14. The van der Waals surface area contributed by atoms with Crippen LogP contribution in [0.25, 0.3) is 0 Å². The molecule has 2 rings (SSSR count). The summed E-state index contributed by atoms with van der Waals surface area (Å²) in [5.41, 5.74) is 0.854. The van der Waals surface area contributed by atoms with Crippen molar-refractivity contribution < 1.29 is 18.8 Å². The van der Waals surface area contributed by atoms with Gasteiger partial charge in [0.1, 0.15) is 5.82 Å². The summed E-state index contributed by atoms with van der Waals surface area (Å²) in [5, 5.41) is 12.2. The van der Waals surface area contributed by atoms with Crippen LogP contribution < -0.4 is 0 Å². The molecule has 0 aliphatic rings. The molecule has 6 heteroatoms. The normalized spacial score (nSPS) is 10.9. The van der Waals surface area contributed by atoms with Gasteiger partial charge in [-0.1, -0.05) is 17.3 Å². The second-order valence-electron chi connectivity index (χ2n) is 4.28. The molecule has 0 radical (unpaired) electrons. The van der Waals surface area contributed by atoms with Crippen LogP contribution in [0.1, 0.15) is 21.8 Å². The third-order valence-corrected chi connectivity index (χ3v) is 2.57. The van der Waals surface area contributed by atoms with Gasteiger partial charge in [-0.05, 0) is 24.7 Å². The number of carboxylic acids is 1. The minimum atomic E-state index is -1.11. The molecule has 1 aromatic carbocycles. The number of halogens is 1. The van der Waals surface area contributed by atoms with Crippen LogP contribution in [0.2, 0.25) is 0 Å². The van der Waals surface area contributed by atoms with E-state index in [-0.39, 0.29) is 11.5 Å². The Morgan fingerprint density at radius 2 is 2.05 bits per heavy atom. The van der Waals surface area contributed by atoms with E-state index in [0.717, 1.165) is 5.56 Å². The second-order valence-corrected chi connectivity index (χ2v) is 4.28. The third kappa shape index (κ3) is 3.62. The average Bonchev–Trinajstić information content (AvgIpc) is 2.80. The molecule has 0 amide bonds. The monoisotopic (exact) mass is 264 g/mol. The summed E-state index contributed by atoms with van der Waals surface area (Å²) in [7, 11) is 1.85. The van der Waals surface area contributed by atoms with Crippen LogP contribution in [0, 0.1) is 5.82 Å². The fraction of sp³-hybridized carbons (Fsp3) is 0.231. The van der Waals surface area contributed by atoms with Crippen molar-refractivity contribution in [3.63, 3.8) is 0 Å². The van der Waals surface area contributed by atoms with Crippen LogP contribution in [0.3, 0.4) is 0 Å². The Kier molecular flexibility index (Phi) is 3.91. The summed E-state index contributed by atoms with van der Waals surface area (Å²) in [6.45, 7) is 1.03. The van der Waals surface area contributed by atoms with Gasteiger partial charge in [-0.15, -0.1) is 0 Å². The number of carboxylic acid groups (broad SMARTS) is 1. The Morgan fingerprint density at radius 1 is 1.37 bits per heavy atom. The van der Waals surface area contributed by atoms with Crippen molar-refractivity contribution in [2.45, 2.75) is 13.1 Å². The summed E-state index contributed by atoms with van der Waals surface area (Å²) < 4.78 is 17.7. The molecule has 0 fully saturated rings. The first-order valence-corrected chi connectivity index (χ1v) is 5.66. The number of hydrogen-bond donors (Lipinski definition) is 1. The highest BCUT2D eigenvalue weighted by molar-refractivity contribution is 5.85. The fourth-order valence-corrected chi connectivity index (χ4v) is 1.71. The van der Waals surface area contributed by atoms with Crippen molar-refractivity contribution in [2.24, 2.45) is 0 Å². The van der Waals surface area contributed by atoms with Crippen molar-refractivity contribution in [1.29, 1.82) is 0 Å². The highest BCUT2D eigenvalue weighted by Gasteiger charge is 2.12. The Bertz CT molecular complexity index is 566. The number of aromatic nitrogens is 1. The maximum Gasteiger partial charge on any atom is 0.358 e. The van der Waals surface area contributed by atoms with Crippen LogP contribution in [-0.4, -0.2) is 28.2 Å². The number of nitrogens with zero attached hydrogens (tertiary/aromatic N) is 2. The molecule has 100 valence electrons. The number of aromatic carboxylic acids is 1. The number of hydrogen-bond acceptors (Lipinski definition) is 4. The lowest BCUT2D eigenvalue weighted by Crippen LogP contribution is -2.16. The van der Waals surface area contributed by atoms with Crippen LogP contribution in [0.15, 0.2) is 34.9 Å². The lowest BCUT2D eigenvalue weighted by molar-refractivity contribution is 0.0685. The Balaban J connectivity index is 1.94. The second kappa shape index (κ2) is 5.62. The minimum absolute atomic E-state index is 0.106. The zero-order valence-electron chi connectivity index (χ0n) is 10.3. The topological polar surface area (TPSA) is 66.6 Å². The molecule has 1 heterocycles. The number of benzene rings is 1. The number of carbonyl (C=O) groups is 1. The van der Waals surface area contributed by atoms with E-state index < -0.39 is 5.97 Å². The Morgan fingerprint density at radius 3 is 2.63 bits per heavy atom. The van der Waals surface area contributed by atoms with Gasteiger partial charge in [-0.2, -0.15) is 0 Å². The quantitative estimate of drug-likeness (QED) is 0.896. The Hall–Kier alpha value is -2.21. The third-order valence-electron chi connectivity index (χ3n) is 2.57. The highest BCUT2D eigenvalue weighted by Crippen LogP contribution is 2.10. The molecule has 0 spiro atoms. The largest absolute Gasteiger partial charge is 0.476 e. The zero-order valence-corrected chi connectivity index (χ0v) is 10.3. The van der Waals surface area contributed by atoms with Gasteiger partial charge in [-0.3, -0.25) is 4.90 Å². The molecule has 0 unspecified atom stereocenters. The fourth-order valence-electron chi connectivity index (χ4n) is 1.71. The lowest BCUT2D eigenvalue weighted by atomic mass is 10.2. The molecule has 5 nitrogen and oxygen atoms in total. The maximum atomic E-state index is 12.8. The molecule has 19 heavy (non-hydrogen) atoms. The van der Waals surface area contributed by atoms with Crippen LogP contribution in [0.5, 0.6) is 0 Å². The SMILES string of the molecule is CN(Cc1ccc(F)cc1)Cc1cc(C(=O)O)no1. The highest BCUT2D eigenvalue weighted by atomic mass is 19.1. The molecular formula is C13H13FN2O3. The molecule has 1 aromatic heterocycles. The van der Waals surface area contributed by atoms with Crippen LogP contribution >= 0.6 is 0 Å². The average molecular weight is 264 g/mol. The van der Waals surface area contributed by atoms with Crippen molar-refractivity contribution in [2.75, 3.05) is 7.05 Å². The first-order valence-electron chi connectivity index (χ1n) is 5.66. The molecule has 0 saturated heterocycles. The van der Waals surface area contributed by atoms with Crippen molar-refractivity contribution in [3.05, 3.63) is 53.2 Å². The maximum absolute atomic E-state index is 12.8. The van der Waals surface area contributed by atoms with Crippen LogP contribution in [0.4, 0.5) is 4.39 Å². The van der Waals surface area contributed by atoms with E-state index in [0.29, 0.717) is 18.8 Å². The van der Waals surface area contributed by atoms with Crippen LogP contribution in [-0.2, 0) is 13.1 Å². The van der Waals surface area contributed by atoms with Crippen molar-refractivity contribution in [1.82, 2.24) is 10.1 Å². The van der Waals surface area contributed by atoms with E-state index in [2.05, 4.69) is 5.16 Å². The first kappa shape index (κ1) is 13.2. The van der Waals surface area contributed by atoms with E-state index in [1.54, 1.807) is 12.1 Å². The van der Waals surface area contributed by atoms with Crippen molar-refractivity contribution in [3.8, 4) is 0 Å². The molecule has 0 aliphatic heterocycles. The molecule has 1 N–H and O–H groups in total. The Labute approximate surface area is 109 Å². The molecule has 0 saturated carbocycles. The summed E-state index contributed by atoms with van der Waals surface area (Å²) in [6.07, 6.45) is 0. The van der Waals surface area contributed by atoms with E-state index in [4.69, 9.17) is 9.63 Å². The van der Waals surface area contributed by atoms with Crippen molar-refractivity contribution >= 4 is 5.97 Å². The molecular weight excluding hydrogens is 251 g/mol. The summed E-state index contributed by atoms with van der Waals surface area (Å²) in [6, 6.07) is 7.60. The van der Waals surface area contributed by atoms with Gasteiger partial charge >= 0.3 is 5.97 Å². The van der Waals surface area contributed by atoms with Gasteiger partial charge in [-0.25, -0.2) is 9.18 Å². The van der Waals surface area contributed by atoms with Gasteiger partial charge in [0, 0.05) is 12.6 Å². The predicted molar refractivity (Wildman–Crippen MR) is 65.0 cm³/mol. The summed E-state index contributed by atoms with van der Waals surface area (Å²) >= 11 is 0. The summed E-state index contributed by atoms with van der Waals surface area (Å²) in [4.78, 5) is 12.6. The smallest absolute Gasteiger partial charge is 0.358 e. The van der Waals surface area contributed by atoms with E-state index >= 15 is 0 Å². The molecule has 0 bridgehead atoms. The zero-order chi connectivity index (χ0) is 13.8. The van der Waals surface area contributed by atoms with E-state index in [9.17, 15) is 9.18 Å². The predicted octanol–water partition coefficient (Wildman–Crippen LogP) is 2.14. The molecule has 2 aromatic rings. The van der Waals surface area contributed by atoms with Gasteiger partial charge in [0.25, 0.3) is 0 Å².